The second-order valence-electron chi connectivity index (χ2n) is 3.05. The van der Waals surface area contributed by atoms with Crippen molar-refractivity contribution in [1.29, 1.82) is 5.26 Å². The van der Waals surface area contributed by atoms with E-state index < -0.39 is 0 Å². The molecule has 0 fully saturated rings. The molecule has 2 rings (SSSR count). The van der Waals surface area contributed by atoms with Gasteiger partial charge >= 0.3 is 0 Å². The molecule has 0 aliphatic heterocycles. The van der Waals surface area contributed by atoms with Gasteiger partial charge < -0.3 is 0 Å². The van der Waals surface area contributed by atoms with Crippen LogP contribution in [-0.2, 0) is 0 Å². The van der Waals surface area contributed by atoms with Gasteiger partial charge in [0.2, 0.25) is 0 Å². The van der Waals surface area contributed by atoms with Gasteiger partial charge in [-0.2, -0.15) is 5.26 Å². The topological polar surface area (TPSA) is 62.5 Å². The van der Waals surface area contributed by atoms with Crippen LogP contribution in [0.3, 0.4) is 0 Å². The van der Waals surface area contributed by atoms with Gasteiger partial charge in [-0.15, -0.1) is 0 Å². The number of nitrogens with zero attached hydrogens (tertiary/aromatic N) is 4. The molecular formula is C11H8N4. The molecule has 15 heavy (non-hydrogen) atoms. The second-order valence-corrected chi connectivity index (χ2v) is 3.05. The minimum atomic E-state index is 0.417. The third kappa shape index (κ3) is 1.81. The lowest BCUT2D eigenvalue weighted by Gasteiger charge is -2.00. The maximum absolute atomic E-state index is 8.84. The average molecular weight is 196 g/mol. The molecule has 0 atom stereocenters. The summed E-state index contributed by atoms with van der Waals surface area (Å²) in [5.74, 6) is 0.536. The monoisotopic (exact) mass is 196 g/mol. The first-order valence-corrected chi connectivity index (χ1v) is 4.46. The molecule has 0 N–H and O–H groups in total. The number of rotatable bonds is 1. The van der Waals surface area contributed by atoms with E-state index in [0.717, 1.165) is 5.56 Å². The third-order valence-electron chi connectivity index (χ3n) is 2.00. The Balaban J connectivity index is 2.52. The molecule has 0 amide bonds. The quantitative estimate of drug-likeness (QED) is 0.696. The molecule has 2 aromatic rings. The van der Waals surface area contributed by atoms with Gasteiger partial charge in [0.15, 0.2) is 5.82 Å². The second kappa shape index (κ2) is 3.84. The van der Waals surface area contributed by atoms with Gasteiger partial charge in [0.1, 0.15) is 17.5 Å². The molecule has 0 aromatic carbocycles. The summed E-state index contributed by atoms with van der Waals surface area (Å²) in [5, 5.41) is 8.84. The van der Waals surface area contributed by atoms with E-state index in [9.17, 15) is 0 Å². The Morgan fingerprint density at radius 1 is 1.20 bits per heavy atom. The minimum Gasteiger partial charge on any atom is -0.235 e. The van der Waals surface area contributed by atoms with Crippen LogP contribution < -0.4 is 0 Å². The van der Waals surface area contributed by atoms with Gasteiger partial charge in [-0.05, 0) is 24.6 Å². The summed E-state index contributed by atoms with van der Waals surface area (Å²) in [7, 11) is 0. The van der Waals surface area contributed by atoms with Gasteiger partial charge in [-0.3, -0.25) is 0 Å². The lowest BCUT2D eigenvalue weighted by atomic mass is 10.2. The van der Waals surface area contributed by atoms with E-state index in [0.29, 0.717) is 17.2 Å². The van der Waals surface area contributed by atoms with Crippen LogP contribution in [0.25, 0.3) is 11.5 Å². The van der Waals surface area contributed by atoms with Crippen LogP contribution >= 0.6 is 0 Å². The van der Waals surface area contributed by atoms with E-state index in [1.165, 1.54) is 0 Å². The van der Waals surface area contributed by atoms with Crippen molar-refractivity contribution in [3.63, 3.8) is 0 Å². The molecule has 0 bridgehead atoms. The molecule has 0 radical (unpaired) electrons. The number of hydrogen-bond acceptors (Lipinski definition) is 4. The van der Waals surface area contributed by atoms with Crippen LogP contribution in [0.5, 0.6) is 0 Å². The van der Waals surface area contributed by atoms with E-state index in [2.05, 4.69) is 15.0 Å². The van der Waals surface area contributed by atoms with Gasteiger partial charge in [0.05, 0.1) is 0 Å². The van der Waals surface area contributed by atoms with Gasteiger partial charge in [0, 0.05) is 12.4 Å². The van der Waals surface area contributed by atoms with Gasteiger partial charge in [0.25, 0.3) is 0 Å². The Bertz CT molecular complexity index is 514. The molecule has 72 valence electrons. The SMILES string of the molecule is Cc1ccc(-c2ncccn2)nc1C#N. The zero-order chi connectivity index (χ0) is 10.7. The Labute approximate surface area is 87.3 Å². The van der Waals surface area contributed by atoms with Gasteiger partial charge in [-0.1, -0.05) is 6.07 Å². The number of aryl methyl sites for hydroxylation is 1. The molecule has 2 heterocycles. The highest BCUT2D eigenvalue weighted by molar-refractivity contribution is 5.51. The van der Waals surface area contributed by atoms with Crippen LogP contribution in [0.4, 0.5) is 0 Å². The fraction of sp³-hybridized carbons (Fsp3) is 0.0909. The van der Waals surface area contributed by atoms with Crippen molar-refractivity contribution in [3.8, 4) is 17.6 Å². The lowest BCUT2D eigenvalue weighted by Crippen LogP contribution is -1.94. The normalized spacial score (nSPS) is 9.60. The first-order valence-electron chi connectivity index (χ1n) is 4.46. The Hall–Kier alpha value is -2.28. The summed E-state index contributed by atoms with van der Waals surface area (Å²) in [6.45, 7) is 1.85. The molecule has 0 spiro atoms. The fourth-order valence-corrected chi connectivity index (χ4v) is 1.20. The predicted octanol–water partition coefficient (Wildman–Crippen LogP) is 1.72. The average Bonchev–Trinajstić information content (AvgIpc) is 2.31. The number of hydrogen-bond donors (Lipinski definition) is 0. The van der Waals surface area contributed by atoms with Crippen molar-refractivity contribution in [2.75, 3.05) is 0 Å². The Morgan fingerprint density at radius 2 is 1.93 bits per heavy atom. The molecule has 4 heteroatoms. The van der Waals surface area contributed by atoms with Crippen molar-refractivity contribution >= 4 is 0 Å². The summed E-state index contributed by atoms with van der Waals surface area (Å²) in [6.07, 6.45) is 3.30. The molecule has 0 saturated carbocycles. The highest BCUT2D eigenvalue weighted by atomic mass is 14.9. The fourth-order valence-electron chi connectivity index (χ4n) is 1.20. The van der Waals surface area contributed by atoms with E-state index in [1.807, 2.05) is 25.1 Å². The number of nitriles is 1. The zero-order valence-corrected chi connectivity index (χ0v) is 8.18. The molecule has 0 unspecified atom stereocenters. The molecule has 0 aliphatic carbocycles. The van der Waals surface area contributed by atoms with Crippen molar-refractivity contribution in [2.45, 2.75) is 6.92 Å². The summed E-state index contributed by atoms with van der Waals surface area (Å²) >= 11 is 0. The summed E-state index contributed by atoms with van der Waals surface area (Å²) < 4.78 is 0. The standard InChI is InChI=1S/C11H8N4/c1-8-3-4-9(15-10(8)7-12)11-13-5-2-6-14-11/h2-6H,1H3. The number of pyridine rings is 1. The molecule has 0 saturated heterocycles. The van der Waals surface area contributed by atoms with Crippen LogP contribution in [0.2, 0.25) is 0 Å². The third-order valence-corrected chi connectivity index (χ3v) is 2.00. The van der Waals surface area contributed by atoms with Crippen LogP contribution in [0.15, 0.2) is 30.6 Å². The highest BCUT2D eigenvalue weighted by Gasteiger charge is 2.04. The van der Waals surface area contributed by atoms with E-state index in [-0.39, 0.29) is 0 Å². The molecule has 0 aliphatic rings. The van der Waals surface area contributed by atoms with Crippen molar-refractivity contribution in [3.05, 3.63) is 41.9 Å². The Morgan fingerprint density at radius 3 is 2.60 bits per heavy atom. The first kappa shape index (κ1) is 9.28. The van der Waals surface area contributed by atoms with Crippen molar-refractivity contribution in [1.82, 2.24) is 15.0 Å². The lowest BCUT2D eigenvalue weighted by molar-refractivity contribution is 1.12. The summed E-state index contributed by atoms with van der Waals surface area (Å²) in [5.41, 5.74) is 1.90. The van der Waals surface area contributed by atoms with Crippen LogP contribution in [0.1, 0.15) is 11.3 Å². The van der Waals surface area contributed by atoms with E-state index in [1.54, 1.807) is 18.5 Å². The molecule has 4 nitrogen and oxygen atoms in total. The highest BCUT2D eigenvalue weighted by Crippen LogP contribution is 2.13. The molecular weight excluding hydrogens is 188 g/mol. The zero-order valence-electron chi connectivity index (χ0n) is 8.18. The Kier molecular flexibility index (Phi) is 2.38. The summed E-state index contributed by atoms with van der Waals surface area (Å²) in [4.78, 5) is 12.3. The van der Waals surface area contributed by atoms with E-state index >= 15 is 0 Å². The maximum Gasteiger partial charge on any atom is 0.178 e. The van der Waals surface area contributed by atoms with Crippen LogP contribution in [0, 0.1) is 18.3 Å². The van der Waals surface area contributed by atoms with Crippen molar-refractivity contribution < 1.29 is 0 Å². The maximum atomic E-state index is 8.84. The predicted molar refractivity (Wildman–Crippen MR) is 54.7 cm³/mol. The number of aromatic nitrogens is 3. The van der Waals surface area contributed by atoms with Crippen LogP contribution in [-0.4, -0.2) is 15.0 Å². The summed E-state index contributed by atoms with van der Waals surface area (Å²) in [6, 6.07) is 7.43. The minimum absolute atomic E-state index is 0.417. The largest absolute Gasteiger partial charge is 0.235 e. The van der Waals surface area contributed by atoms with Crippen molar-refractivity contribution in [2.24, 2.45) is 0 Å². The smallest absolute Gasteiger partial charge is 0.178 e. The van der Waals surface area contributed by atoms with E-state index in [4.69, 9.17) is 5.26 Å². The first-order chi connectivity index (χ1) is 7.31. The molecule has 2 aromatic heterocycles. The van der Waals surface area contributed by atoms with Gasteiger partial charge in [-0.25, -0.2) is 15.0 Å².